The quantitative estimate of drug-likeness (QED) is 0.582. The third-order valence-corrected chi connectivity index (χ3v) is 6.27. The second kappa shape index (κ2) is 11.5. The van der Waals surface area contributed by atoms with Gasteiger partial charge in [0.2, 0.25) is 11.8 Å². The minimum atomic E-state index is -0.219. The van der Waals surface area contributed by atoms with Gasteiger partial charge in [-0.2, -0.15) is 0 Å². The maximum absolute atomic E-state index is 13.0. The maximum Gasteiger partial charge on any atom is 0.234 e. The van der Waals surface area contributed by atoms with Crippen LogP contribution in [0.4, 0.5) is 10.1 Å². The molecule has 0 bridgehead atoms. The van der Waals surface area contributed by atoms with Crippen LogP contribution in [0, 0.1) is 5.82 Å². The lowest BCUT2D eigenvalue weighted by atomic mass is 10.0. The fourth-order valence-corrected chi connectivity index (χ4v) is 4.38. The molecule has 2 N–H and O–H groups in total. The van der Waals surface area contributed by atoms with Crippen molar-refractivity contribution in [3.05, 3.63) is 64.4 Å². The molecule has 160 valence electrons. The number of nitrogens with zero attached hydrogens (tertiary/aromatic N) is 1. The van der Waals surface area contributed by atoms with E-state index in [1.807, 2.05) is 36.4 Å². The third-order valence-electron chi connectivity index (χ3n) is 4.85. The van der Waals surface area contributed by atoms with Crippen molar-refractivity contribution in [1.29, 1.82) is 0 Å². The van der Waals surface area contributed by atoms with Crippen molar-refractivity contribution in [2.24, 2.45) is 0 Å². The number of carbonyl (C=O) groups excluding carboxylic acids is 2. The summed E-state index contributed by atoms with van der Waals surface area (Å²) in [6.45, 7) is 2.58. The Morgan fingerprint density at radius 3 is 2.47 bits per heavy atom. The number of piperidine rings is 1. The summed E-state index contributed by atoms with van der Waals surface area (Å²) in [4.78, 5) is 26.5. The average Bonchev–Trinajstić information content (AvgIpc) is 2.71. The van der Waals surface area contributed by atoms with Gasteiger partial charge in [0.25, 0.3) is 0 Å². The highest BCUT2D eigenvalue weighted by Gasteiger charge is 2.20. The molecule has 2 aromatic carbocycles. The highest BCUT2D eigenvalue weighted by Crippen LogP contribution is 2.17. The number of likely N-dealkylation sites (tertiary alicyclic amines) is 1. The SMILES string of the molecule is O=C(CSCC(=O)NC1CCN(Cc2ccc(F)cc2)CC1)Nc1cccc(Br)c1. The molecule has 0 spiro atoms. The highest BCUT2D eigenvalue weighted by atomic mass is 79.9. The van der Waals surface area contributed by atoms with Gasteiger partial charge >= 0.3 is 0 Å². The molecule has 0 radical (unpaired) electrons. The van der Waals surface area contributed by atoms with Crippen molar-refractivity contribution in [2.75, 3.05) is 29.9 Å². The Balaban J connectivity index is 1.30. The number of thioether (sulfide) groups is 1. The number of carbonyl (C=O) groups is 2. The van der Waals surface area contributed by atoms with Crippen LogP contribution in [0.2, 0.25) is 0 Å². The average molecular weight is 494 g/mol. The van der Waals surface area contributed by atoms with Crippen molar-refractivity contribution in [3.63, 3.8) is 0 Å². The second-order valence-corrected chi connectivity index (χ2v) is 9.20. The van der Waals surface area contributed by atoms with Crippen LogP contribution in [-0.2, 0) is 16.1 Å². The van der Waals surface area contributed by atoms with Crippen LogP contribution in [0.5, 0.6) is 0 Å². The molecule has 1 fully saturated rings. The molecule has 1 aliphatic rings. The normalized spacial score (nSPS) is 15.0. The van der Waals surface area contributed by atoms with E-state index in [1.54, 1.807) is 0 Å². The van der Waals surface area contributed by atoms with Crippen LogP contribution in [0.25, 0.3) is 0 Å². The predicted octanol–water partition coefficient (Wildman–Crippen LogP) is 4.04. The maximum atomic E-state index is 13.0. The van der Waals surface area contributed by atoms with Crippen molar-refractivity contribution in [2.45, 2.75) is 25.4 Å². The molecule has 3 rings (SSSR count). The Kier molecular flexibility index (Phi) is 8.72. The molecule has 1 saturated heterocycles. The van der Waals surface area contributed by atoms with E-state index in [1.165, 1.54) is 23.9 Å². The van der Waals surface area contributed by atoms with Gasteiger partial charge in [-0.15, -0.1) is 11.8 Å². The first-order valence-corrected chi connectivity index (χ1v) is 11.8. The van der Waals surface area contributed by atoms with Crippen LogP contribution in [0.15, 0.2) is 53.0 Å². The highest BCUT2D eigenvalue weighted by molar-refractivity contribution is 9.10. The van der Waals surface area contributed by atoms with Gasteiger partial charge in [-0.1, -0.05) is 34.1 Å². The van der Waals surface area contributed by atoms with E-state index in [0.717, 1.165) is 48.2 Å². The van der Waals surface area contributed by atoms with Gasteiger partial charge in [-0.25, -0.2) is 4.39 Å². The van der Waals surface area contributed by atoms with Crippen molar-refractivity contribution in [1.82, 2.24) is 10.2 Å². The molecule has 0 saturated carbocycles. The van der Waals surface area contributed by atoms with Crippen LogP contribution >= 0.6 is 27.7 Å². The fraction of sp³-hybridized carbons (Fsp3) is 0.364. The number of amides is 2. The Labute approximate surface area is 188 Å². The predicted molar refractivity (Wildman–Crippen MR) is 123 cm³/mol. The van der Waals surface area contributed by atoms with Gasteiger partial charge in [0, 0.05) is 35.8 Å². The topological polar surface area (TPSA) is 61.4 Å². The van der Waals surface area contributed by atoms with E-state index in [4.69, 9.17) is 0 Å². The summed E-state index contributed by atoms with van der Waals surface area (Å²) in [5.41, 5.74) is 1.82. The van der Waals surface area contributed by atoms with Crippen LogP contribution < -0.4 is 10.6 Å². The summed E-state index contributed by atoms with van der Waals surface area (Å²) in [5, 5.41) is 5.89. The zero-order valence-electron chi connectivity index (χ0n) is 16.6. The summed E-state index contributed by atoms with van der Waals surface area (Å²) < 4.78 is 13.9. The molecule has 30 heavy (non-hydrogen) atoms. The molecule has 1 heterocycles. The molecule has 0 atom stereocenters. The molecule has 8 heteroatoms. The molecular formula is C22H25BrFN3O2S. The van der Waals surface area contributed by atoms with Crippen LogP contribution in [0.1, 0.15) is 18.4 Å². The van der Waals surface area contributed by atoms with Gasteiger partial charge in [-0.05, 0) is 48.7 Å². The number of hydrogen-bond donors (Lipinski definition) is 2. The smallest absolute Gasteiger partial charge is 0.234 e. The fourth-order valence-electron chi connectivity index (χ4n) is 3.35. The number of rotatable bonds is 8. The Morgan fingerprint density at radius 2 is 1.77 bits per heavy atom. The minimum Gasteiger partial charge on any atom is -0.353 e. The molecular weight excluding hydrogens is 469 g/mol. The Hall–Kier alpha value is -1.90. The van der Waals surface area contributed by atoms with Gasteiger partial charge < -0.3 is 10.6 Å². The second-order valence-electron chi connectivity index (χ2n) is 7.30. The molecule has 2 amide bonds. The van der Waals surface area contributed by atoms with Crippen molar-refractivity contribution in [3.8, 4) is 0 Å². The Morgan fingerprint density at radius 1 is 1.07 bits per heavy atom. The van der Waals surface area contributed by atoms with Crippen LogP contribution in [-0.4, -0.2) is 47.4 Å². The summed E-state index contributed by atoms with van der Waals surface area (Å²) in [6, 6.07) is 14.2. The Bertz CT molecular complexity index is 858. The molecule has 1 aliphatic heterocycles. The lowest BCUT2D eigenvalue weighted by Crippen LogP contribution is -2.44. The zero-order valence-corrected chi connectivity index (χ0v) is 19.0. The third kappa shape index (κ3) is 7.74. The standard InChI is InChI=1S/C22H25BrFN3O2S/c23-17-2-1-3-20(12-17)26-22(29)15-30-14-21(28)25-19-8-10-27(11-9-19)13-16-4-6-18(24)7-5-16/h1-7,12,19H,8-11,13-15H2,(H,25,28)(H,26,29). The summed E-state index contributed by atoms with van der Waals surface area (Å²) in [6.07, 6.45) is 1.78. The number of nitrogens with one attached hydrogen (secondary N) is 2. The van der Waals surface area contributed by atoms with E-state index in [-0.39, 0.29) is 35.2 Å². The van der Waals surface area contributed by atoms with Crippen molar-refractivity contribution < 1.29 is 14.0 Å². The lowest BCUT2D eigenvalue weighted by molar-refractivity contribution is -0.119. The zero-order chi connectivity index (χ0) is 21.3. The molecule has 0 aromatic heterocycles. The van der Waals surface area contributed by atoms with Crippen LogP contribution in [0.3, 0.4) is 0 Å². The lowest BCUT2D eigenvalue weighted by Gasteiger charge is -2.32. The van der Waals surface area contributed by atoms with E-state index in [0.29, 0.717) is 0 Å². The number of halogens is 2. The van der Waals surface area contributed by atoms with Gasteiger partial charge in [0.15, 0.2) is 0 Å². The number of anilines is 1. The molecule has 0 aliphatic carbocycles. The summed E-state index contributed by atoms with van der Waals surface area (Å²) in [7, 11) is 0. The van der Waals surface area contributed by atoms with Gasteiger partial charge in [0.1, 0.15) is 5.82 Å². The van der Waals surface area contributed by atoms with E-state index < -0.39 is 0 Å². The van der Waals surface area contributed by atoms with E-state index in [2.05, 4.69) is 31.5 Å². The number of hydrogen-bond acceptors (Lipinski definition) is 4. The minimum absolute atomic E-state index is 0.0350. The van der Waals surface area contributed by atoms with Crippen molar-refractivity contribution >= 4 is 45.2 Å². The molecule has 0 unspecified atom stereocenters. The largest absolute Gasteiger partial charge is 0.353 e. The first-order valence-electron chi connectivity index (χ1n) is 9.87. The van der Waals surface area contributed by atoms with E-state index in [9.17, 15) is 14.0 Å². The van der Waals surface area contributed by atoms with E-state index >= 15 is 0 Å². The number of benzene rings is 2. The summed E-state index contributed by atoms with van der Waals surface area (Å²) >= 11 is 4.68. The molecule has 2 aromatic rings. The van der Waals surface area contributed by atoms with Gasteiger partial charge in [-0.3, -0.25) is 14.5 Å². The summed E-state index contributed by atoms with van der Waals surface area (Å²) in [5.74, 6) is 0.119. The first kappa shape index (κ1) is 22.8. The molecule has 5 nitrogen and oxygen atoms in total. The monoisotopic (exact) mass is 493 g/mol. The first-order chi connectivity index (χ1) is 14.5. The van der Waals surface area contributed by atoms with Gasteiger partial charge in [0.05, 0.1) is 11.5 Å².